The molecule has 1 unspecified atom stereocenters. The van der Waals surface area contributed by atoms with Gasteiger partial charge in [-0.05, 0) is 34.9 Å². The van der Waals surface area contributed by atoms with Gasteiger partial charge in [0.2, 0.25) is 0 Å². The molecule has 1 rings (SSSR count). The Balaban J connectivity index is 3.55. The van der Waals surface area contributed by atoms with Crippen LogP contribution in [0.4, 0.5) is 0 Å². The van der Waals surface area contributed by atoms with E-state index in [9.17, 15) is 8.76 Å². The third-order valence-corrected chi connectivity index (χ3v) is 3.85. The molecule has 0 aliphatic rings. The Morgan fingerprint density at radius 2 is 1.53 bits per heavy atom. The van der Waals surface area contributed by atoms with Crippen molar-refractivity contribution < 1.29 is 8.76 Å². The SMILES string of the molecule is CCc1cc(C(C)C)c(S(=O)O)c(C(C)C)c1. The highest BCUT2D eigenvalue weighted by Crippen LogP contribution is 2.31. The van der Waals surface area contributed by atoms with Crippen LogP contribution in [0.3, 0.4) is 0 Å². The van der Waals surface area contributed by atoms with E-state index in [4.69, 9.17) is 0 Å². The van der Waals surface area contributed by atoms with Gasteiger partial charge in [-0.25, -0.2) is 4.21 Å². The zero-order chi connectivity index (χ0) is 13.2. The van der Waals surface area contributed by atoms with Gasteiger partial charge in [0, 0.05) is 0 Å². The molecule has 0 aromatic heterocycles. The molecule has 0 bridgehead atoms. The summed E-state index contributed by atoms with van der Waals surface area (Å²) >= 11 is -1.90. The van der Waals surface area contributed by atoms with Crippen LogP contribution >= 0.6 is 0 Å². The van der Waals surface area contributed by atoms with E-state index in [1.165, 1.54) is 5.56 Å². The normalized spacial score (nSPS) is 13.4. The Labute approximate surface area is 107 Å². The van der Waals surface area contributed by atoms with Crippen molar-refractivity contribution in [2.75, 3.05) is 0 Å². The summed E-state index contributed by atoms with van der Waals surface area (Å²) in [6.45, 7) is 10.4. The monoisotopic (exact) mass is 254 g/mol. The van der Waals surface area contributed by atoms with E-state index in [-0.39, 0.29) is 11.8 Å². The second-order valence-corrected chi connectivity index (χ2v) is 5.92. The molecule has 17 heavy (non-hydrogen) atoms. The molecule has 0 saturated heterocycles. The van der Waals surface area contributed by atoms with Crippen LogP contribution in [0.15, 0.2) is 17.0 Å². The minimum atomic E-state index is -1.90. The minimum absolute atomic E-state index is 0.269. The summed E-state index contributed by atoms with van der Waals surface area (Å²) in [4.78, 5) is 0.618. The van der Waals surface area contributed by atoms with Gasteiger partial charge in [0.1, 0.15) is 0 Å². The summed E-state index contributed by atoms with van der Waals surface area (Å²) in [6.07, 6.45) is 0.956. The Bertz CT molecular complexity index is 393. The number of rotatable bonds is 4. The van der Waals surface area contributed by atoms with Gasteiger partial charge >= 0.3 is 0 Å². The van der Waals surface area contributed by atoms with Gasteiger partial charge < -0.3 is 4.55 Å². The number of benzene rings is 1. The van der Waals surface area contributed by atoms with Crippen LogP contribution in [0.25, 0.3) is 0 Å². The van der Waals surface area contributed by atoms with E-state index in [0.717, 1.165) is 17.5 Å². The van der Waals surface area contributed by atoms with Gasteiger partial charge in [0.15, 0.2) is 11.1 Å². The van der Waals surface area contributed by atoms with Gasteiger partial charge in [-0.3, -0.25) is 0 Å². The molecule has 0 aliphatic heterocycles. The molecule has 2 nitrogen and oxygen atoms in total. The predicted octanol–water partition coefficient (Wildman–Crippen LogP) is 4.08. The van der Waals surface area contributed by atoms with Gasteiger partial charge in [-0.15, -0.1) is 0 Å². The molecule has 0 amide bonds. The number of hydrogen-bond acceptors (Lipinski definition) is 1. The first-order valence-electron chi connectivity index (χ1n) is 6.16. The second kappa shape index (κ2) is 5.78. The van der Waals surface area contributed by atoms with E-state index in [1.54, 1.807) is 0 Å². The predicted molar refractivity (Wildman–Crippen MR) is 73.0 cm³/mol. The Morgan fingerprint density at radius 3 is 1.76 bits per heavy atom. The average molecular weight is 254 g/mol. The maximum Gasteiger partial charge on any atom is 0.187 e. The quantitative estimate of drug-likeness (QED) is 0.822. The summed E-state index contributed by atoms with van der Waals surface area (Å²) in [5.74, 6) is 0.537. The van der Waals surface area contributed by atoms with E-state index >= 15 is 0 Å². The first-order valence-corrected chi connectivity index (χ1v) is 7.26. The summed E-state index contributed by atoms with van der Waals surface area (Å²) in [6, 6.07) is 4.14. The zero-order valence-corrected chi connectivity index (χ0v) is 12.1. The molecule has 3 heteroatoms. The molecular formula is C14H22O2S. The van der Waals surface area contributed by atoms with Gasteiger partial charge in [0.25, 0.3) is 0 Å². The number of hydrogen-bond donors (Lipinski definition) is 1. The van der Waals surface area contributed by atoms with Crippen molar-refractivity contribution in [2.24, 2.45) is 0 Å². The van der Waals surface area contributed by atoms with Crippen LogP contribution in [0, 0.1) is 0 Å². The second-order valence-electron chi connectivity index (χ2n) is 5.02. The van der Waals surface area contributed by atoms with E-state index in [0.29, 0.717) is 4.90 Å². The summed E-state index contributed by atoms with van der Waals surface area (Å²) in [7, 11) is 0. The molecule has 0 aliphatic carbocycles. The number of aryl methyl sites for hydroxylation is 1. The summed E-state index contributed by atoms with van der Waals surface area (Å²) in [5, 5.41) is 0. The molecule has 0 radical (unpaired) electrons. The average Bonchev–Trinajstić information content (AvgIpc) is 2.26. The lowest BCUT2D eigenvalue weighted by molar-refractivity contribution is 0.559. The van der Waals surface area contributed by atoms with E-state index < -0.39 is 11.1 Å². The molecule has 1 N–H and O–H groups in total. The van der Waals surface area contributed by atoms with Crippen LogP contribution in [0.2, 0.25) is 0 Å². The summed E-state index contributed by atoms with van der Waals surface area (Å²) < 4.78 is 21.1. The van der Waals surface area contributed by atoms with Crippen LogP contribution in [0.5, 0.6) is 0 Å². The molecule has 0 heterocycles. The standard InChI is InChI=1S/C14H22O2S/c1-6-11-7-12(9(2)3)14(17(15)16)13(8-11)10(4)5/h7-10H,6H2,1-5H3,(H,15,16). The smallest absolute Gasteiger partial charge is 0.187 e. The van der Waals surface area contributed by atoms with E-state index in [2.05, 4.69) is 46.8 Å². The van der Waals surface area contributed by atoms with Crippen LogP contribution in [0.1, 0.15) is 63.1 Å². The van der Waals surface area contributed by atoms with Crippen LogP contribution in [-0.4, -0.2) is 8.76 Å². The molecule has 0 fully saturated rings. The lowest BCUT2D eigenvalue weighted by Gasteiger charge is -2.18. The Kier molecular flexibility index (Phi) is 4.90. The van der Waals surface area contributed by atoms with Gasteiger partial charge in [0.05, 0.1) is 4.90 Å². The van der Waals surface area contributed by atoms with Crippen molar-refractivity contribution in [3.8, 4) is 0 Å². The van der Waals surface area contributed by atoms with Crippen molar-refractivity contribution in [3.63, 3.8) is 0 Å². The molecule has 0 spiro atoms. The fraction of sp³-hybridized carbons (Fsp3) is 0.571. The molecule has 0 saturated carbocycles. The van der Waals surface area contributed by atoms with Gasteiger partial charge in [-0.1, -0.05) is 46.8 Å². The maximum absolute atomic E-state index is 11.6. The fourth-order valence-electron chi connectivity index (χ4n) is 2.00. The molecule has 1 atom stereocenters. The highest BCUT2D eigenvalue weighted by molar-refractivity contribution is 7.79. The topological polar surface area (TPSA) is 37.3 Å². The molecule has 96 valence electrons. The molecule has 1 aromatic carbocycles. The Morgan fingerprint density at radius 1 is 1.12 bits per heavy atom. The third-order valence-electron chi connectivity index (χ3n) is 3.03. The first-order chi connectivity index (χ1) is 7.88. The largest absolute Gasteiger partial charge is 0.302 e. The molecule has 1 aromatic rings. The maximum atomic E-state index is 11.6. The van der Waals surface area contributed by atoms with Crippen molar-refractivity contribution in [1.82, 2.24) is 0 Å². The summed E-state index contributed by atoms with van der Waals surface area (Å²) in [5.41, 5.74) is 3.26. The van der Waals surface area contributed by atoms with Crippen LogP contribution in [-0.2, 0) is 17.5 Å². The van der Waals surface area contributed by atoms with Crippen molar-refractivity contribution >= 4 is 11.1 Å². The fourth-order valence-corrected chi connectivity index (χ4v) is 2.99. The van der Waals surface area contributed by atoms with E-state index in [1.807, 2.05) is 0 Å². The van der Waals surface area contributed by atoms with Gasteiger partial charge in [-0.2, -0.15) is 0 Å². The highest BCUT2D eigenvalue weighted by atomic mass is 32.2. The lowest BCUT2D eigenvalue weighted by atomic mass is 9.92. The van der Waals surface area contributed by atoms with Crippen LogP contribution < -0.4 is 0 Å². The van der Waals surface area contributed by atoms with Crippen molar-refractivity contribution in [3.05, 3.63) is 28.8 Å². The lowest BCUT2D eigenvalue weighted by Crippen LogP contribution is -2.06. The third kappa shape index (κ3) is 3.17. The zero-order valence-electron chi connectivity index (χ0n) is 11.3. The first kappa shape index (κ1) is 14.4. The van der Waals surface area contributed by atoms with Crippen molar-refractivity contribution in [2.45, 2.75) is 57.8 Å². The molecular weight excluding hydrogens is 232 g/mol. The van der Waals surface area contributed by atoms with Crippen molar-refractivity contribution in [1.29, 1.82) is 0 Å². The Hall–Kier alpha value is -0.670. The minimum Gasteiger partial charge on any atom is -0.302 e. The highest BCUT2D eigenvalue weighted by Gasteiger charge is 2.19.